The molecule has 1 aromatic rings. The summed E-state index contributed by atoms with van der Waals surface area (Å²) in [6.07, 6.45) is 6.66. The number of rotatable bonds is 1. The van der Waals surface area contributed by atoms with Gasteiger partial charge in [-0.3, -0.25) is 0 Å². The van der Waals surface area contributed by atoms with Crippen molar-refractivity contribution in [1.29, 1.82) is 0 Å². The van der Waals surface area contributed by atoms with E-state index < -0.39 is 0 Å². The quantitative estimate of drug-likeness (QED) is 0.568. The molecule has 1 aliphatic heterocycles. The third-order valence-electron chi connectivity index (χ3n) is 1.30. The van der Waals surface area contributed by atoms with E-state index in [2.05, 4.69) is 15.4 Å². The summed E-state index contributed by atoms with van der Waals surface area (Å²) >= 11 is 0. The summed E-state index contributed by atoms with van der Waals surface area (Å²) in [7, 11) is 0. The van der Waals surface area contributed by atoms with Crippen molar-refractivity contribution in [3.63, 3.8) is 0 Å². The van der Waals surface area contributed by atoms with Gasteiger partial charge in [0.05, 0.1) is 12.0 Å². The molecule has 0 N–H and O–H groups in total. The molecular formula is C6H6N4O. The summed E-state index contributed by atoms with van der Waals surface area (Å²) in [4.78, 5) is 1.44. The second-order valence-corrected chi connectivity index (χ2v) is 1.99. The number of allylic oxidation sites excluding steroid dienone is 2. The average molecular weight is 150 g/mol. The van der Waals surface area contributed by atoms with Gasteiger partial charge in [0.1, 0.15) is 6.61 Å². The van der Waals surface area contributed by atoms with Crippen LogP contribution in [0, 0.1) is 0 Å². The molecule has 1 aliphatic rings. The van der Waals surface area contributed by atoms with E-state index in [4.69, 9.17) is 4.74 Å². The fourth-order valence-electron chi connectivity index (χ4n) is 0.809. The average Bonchev–Trinajstić information content (AvgIpc) is 2.58. The number of nitrogens with zero attached hydrogens (tertiary/aromatic N) is 4. The van der Waals surface area contributed by atoms with Crippen LogP contribution < -0.4 is 0 Å². The molecule has 56 valence electrons. The Balaban J connectivity index is 2.29. The van der Waals surface area contributed by atoms with Gasteiger partial charge in [0.25, 0.3) is 0 Å². The van der Waals surface area contributed by atoms with Crippen LogP contribution in [0.2, 0.25) is 0 Å². The van der Waals surface area contributed by atoms with Crippen molar-refractivity contribution < 1.29 is 4.74 Å². The van der Waals surface area contributed by atoms with Gasteiger partial charge in [-0.15, -0.1) is 15.0 Å². The summed E-state index contributed by atoms with van der Waals surface area (Å²) in [6, 6.07) is 0. The Bertz CT molecular complexity index is 288. The molecule has 5 heteroatoms. The van der Waals surface area contributed by atoms with E-state index in [9.17, 15) is 0 Å². The number of tetrazole rings is 1. The second-order valence-electron chi connectivity index (χ2n) is 1.99. The molecule has 11 heavy (non-hydrogen) atoms. The molecule has 0 saturated heterocycles. The number of aromatic nitrogens is 4. The SMILES string of the molecule is C1=CC(n2ncnn2)=CCO1. The molecule has 0 radical (unpaired) electrons. The van der Waals surface area contributed by atoms with Crippen molar-refractivity contribution >= 4 is 5.70 Å². The highest BCUT2D eigenvalue weighted by atomic mass is 16.5. The summed E-state index contributed by atoms with van der Waals surface area (Å²) < 4.78 is 4.95. The predicted molar refractivity (Wildman–Crippen MR) is 37.2 cm³/mol. The van der Waals surface area contributed by atoms with Crippen LogP contribution in [0.1, 0.15) is 0 Å². The lowest BCUT2D eigenvalue weighted by Crippen LogP contribution is -2.03. The Hall–Kier alpha value is -1.65. The van der Waals surface area contributed by atoms with E-state index in [0.717, 1.165) is 5.70 Å². The largest absolute Gasteiger partial charge is 0.497 e. The van der Waals surface area contributed by atoms with Gasteiger partial charge < -0.3 is 4.74 Å². The van der Waals surface area contributed by atoms with E-state index in [-0.39, 0.29) is 0 Å². The van der Waals surface area contributed by atoms with E-state index in [1.807, 2.05) is 6.08 Å². The summed E-state index contributed by atoms with van der Waals surface area (Å²) in [5.41, 5.74) is 0.883. The lowest BCUT2D eigenvalue weighted by Gasteiger charge is -2.04. The van der Waals surface area contributed by atoms with Gasteiger partial charge >= 0.3 is 0 Å². The second kappa shape index (κ2) is 2.53. The van der Waals surface area contributed by atoms with Gasteiger partial charge in [-0.25, -0.2) is 0 Å². The highest BCUT2D eigenvalue weighted by Gasteiger charge is 2.00. The molecule has 2 heterocycles. The molecule has 0 fully saturated rings. The molecule has 5 nitrogen and oxygen atoms in total. The van der Waals surface area contributed by atoms with Crippen LogP contribution in [0.15, 0.2) is 24.7 Å². The number of ether oxygens (including phenoxy) is 1. The first-order valence-electron chi connectivity index (χ1n) is 3.18. The minimum absolute atomic E-state index is 0.563. The maximum atomic E-state index is 4.95. The summed E-state index contributed by atoms with van der Waals surface area (Å²) in [5, 5.41) is 11.2. The zero-order chi connectivity index (χ0) is 7.52. The Morgan fingerprint density at radius 1 is 1.55 bits per heavy atom. The Morgan fingerprint density at radius 2 is 2.55 bits per heavy atom. The highest BCUT2D eigenvalue weighted by Crippen LogP contribution is 2.05. The molecule has 0 aliphatic carbocycles. The smallest absolute Gasteiger partial charge is 0.162 e. The predicted octanol–water partition coefficient (Wildman–Crippen LogP) is 0.0579. The first-order valence-corrected chi connectivity index (χ1v) is 3.18. The highest BCUT2D eigenvalue weighted by molar-refractivity contribution is 5.55. The van der Waals surface area contributed by atoms with Gasteiger partial charge in [-0.1, -0.05) is 0 Å². The van der Waals surface area contributed by atoms with Crippen molar-refractivity contribution in [3.05, 3.63) is 24.7 Å². The van der Waals surface area contributed by atoms with Crippen LogP contribution in [0.4, 0.5) is 0 Å². The molecule has 0 spiro atoms. The lowest BCUT2D eigenvalue weighted by molar-refractivity contribution is 0.285. The molecule has 2 rings (SSSR count). The van der Waals surface area contributed by atoms with Crippen LogP contribution in [0.5, 0.6) is 0 Å². The zero-order valence-corrected chi connectivity index (χ0v) is 5.71. The van der Waals surface area contributed by atoms with Crippen molar-refractivity contribution in [2.75, 3.05) is 6.61 Å². The molecule has 0 amide bonds. The molecule has 0 bridgehead atoms. The molecular weight excluding hydrogens is 144 g/mol. The molecule has 1 aromatic heterocycles. The first kappa shape index (κ1) is 6.09. The van der Waals surface area contributed by atoms with Crippen LogP contribution in [-0.2, 0) is 4.74 Å². The normalized spacial score (nSPS) is 15.8. The van der Waals surface area contributed by atoms with Crippen LogP contribution >= 0.6 is 0 Å². The molecule has 0 saturated carbocycles. The maximum Gasteiger partial charge on any atom is 0.162 e. The molecule has 0 atom stereocenters. The monoisotopic (exact) mass is 150 g/mol. The third kappa shape index (κ3) is 1.12. The topological polar surface area (TPSA) is 52.8 Å². The van der Waals surface area contributed by atoms with Crippen LogP contribution in [-0.4, -0.2) is 26.8 Å². The van der Waals surface area contributed by atoms with Crippen molar-refractivity contribution in [2.45, 2.75) is 0 Å². The van der Waals surface area contributed by atoms with Crippen molar-refractivity contribution in [3.8, 4) is 0 Å². The van der Waals surface area contributed by atoms with Gasteiger partial charge in [0.15, 0.2) is 6.33 Å². The van der Waals surface area contributed by atoms with E-state index in [1.54, 1.807) is 12.3 Å². The standard InChI is InChI=1S/C6H6N4O/c1-3-11-4-2-6(1)10-8-5-7-9-10/h1-3,5H,4H2. The van der Waals surface area contributed by atoms with Crippen LogP contribution in [0.3, 0.4) is 0 Å². The fraction of sp³-hybridized carbons (Fsp3) is 0.167. The number of hydrogen-bond acceptors (Lipinski definition) is 4. The van der Waals surface area contributed by atoms with Crippen molar-refractivity contribution in [2.24, 2.45) is 0 Å². The maximum absolute atomic E-state index is 4.95. The Kier molecular flexibility index (Phi) is 1.40. The summed E-state index contributed by atoms with van der Waals surface area (Å²) in [6.45, 7) is 0.563. The van der Waals surface area contributed by atoms with Gasteiger partial charge in [-0.2, -0.15) is 0 Å². The first-order chi connectivity index (χ1) is 5.47. The van der Waals surface area contributed by atoms with Gasteiger partial charge in [0.2, 0.25) is 0 Å². The Morgan fingerprint density at radius 3 is 3.18 bits per heavy atom. The van der Waals surface area contributed by atoms with Crippen LogP contribution in [0.25, 0.3) is 5.70 Å². The zero-order valence-electron chi connectivity index (χ0n) is 5.71. The van der Waals surface area contributed by atoms with Crippen molar-refractivity contribution in [1.82, 2.24) is 20.2 Å². The van der Waals surface area contributed by atoms with E-state index >= 15 is 0 Å². The number of hydrogen-bond donors (Lipinski definition) is 0. The Labute approximate surface area is 63.0 Å². The molecule has 0 aromatic carbocycles. The lowest BCUT2D eigenvalue weighted by atomic mass is 10.4. The van der Waals surface area contributed by atoms with E-state index in [0.29, 0.717) is 6.61 Å². The fourth-order valence-corrected chi connectivity index (χ4v) is 0.809. The minimum Gasteiger partial charge on any atom is -0.497 e. The van der Waals surface area contributed by atoms with E-state index in [1.165, 1.54) is 11.1 Å². The van der Waals surface area contributed by atoms with Gasteiger partial charge in [0, 0.05) is 6.08 Å². The molecule has 0 unspecified atom stereocenters. The van der Waals surface area contributed by atoms with Gasteiger partial charge in [-0.05, 0) is 11.3 Å². The minimum atomic E-state index is 0.563. The third-order valence-corrected chi connectivity index (χ3v) is 1.30. The summed E-state index contributed by atoms with van der Waals surface area (Å²) in [5.74, 6) is 0.